The molecule has 2 atom stereocenters. The van der Waals surface area contributed by atoms with Crippen molar-refractivity contribution < 1.29 is 13.2 Å². The van der Waals surface area contributed by atoms with E-state index in [1.54, 1.807) is 11.9 Å². The first kappa shape index (κ1) is 19.3. The van der Waals surface area contributed by atoms with Crippen LogP contribution in [0.1, 0.15) is 43.5 Å². The number of nitrogens with one attached hydrogen (secondary N) is 1. The second kappa shape index (κ2) is 8.92. The minimum atomic E-state index is -3.49. The first-order chi connectivity index (χ1) is 11.4. The highest BCUT2D eigenvalue weighted by atomic mass is 32.2. The predicted molar refractivity (Wildman–Crippen MR) is 95.9 cm³/mol. The molecule has 1 aromatic rings. The molecule has 0 aliphatic carbocycles. The fourth-order valence-electron chi connectivity index (χ4n) is 3.08. The summed E-state index contributed by atoms with van der Waals surface area (Å²) in [6.07, 6.45) is 4.41. The standard InChI is InChI=1S/C17H29N3O3S/c1-3-4-8-15-12-14-7-5-6-9-16(14)17(19-15)23-11-10-20(2)13-24(18,21)22/h5-7,9,15,17,19H,3-4,8,10-13H2,1-2H3,(H2,18,21,22). The molecule has 6 nitrogen and oxygen atoms in total. The second-order valence-electron chi connectivity index (χ2n) is 6.53. The third-order valence-corrected chi connectivity index (χ3v) is 5.06. The van der Waals surface area contributed by atoms with E-state index >= 15 is 0 Å². The summed E-state index contributed by atoms with van der Waals surface area (Å²) in [4.78, 5) is 1.65. The van der Waals surface area contributed by atoms with E-state index in [-0.39, 0.29) is 12.1 Å². The topological polar surface area (TPSA) is 84.7 Å². The van der Waals surface area contributed by atoms with Crippen molar-refractivity contribution in [2.75, 3.05) is 26.1 Å². The van der Waals surface area contributed by atoms with Gasteiger partial charge in [-0.15, -0.1) is 0 Å². The number of unbranched alkanes of at least 4 members (excludes halogenated alkanes) is 1. The zero-order valence-electron chi connectivity index (χ0n) is 14.6. The monoisotopic (exact) mass is 355 g/mol. The van der Waals surface area contributed by atoms with Gasteiger partial charge >= 0.3 is 0 Å². The summed E-state index contributed by atoms with van der Waals surface area (Å²) in [5.74, 6) is -0.163. The number of likely N-dealkylation sites (N-methyl/N-ethyl adjacent to an activating group) is 1. The van der Waals surface area contributed by atoms with Crippen LogP contribution in [-0.4, -0.2) is 45.4 Å². The maximum atomic E-state index is 11.1. The van der Waals surface area contributed by atoms with Crippen molar-refractivity contribution in [1.82, 2.24) is 10.2 Å². The van der Waals surface area contributed by atoms with Crippen LogP contribution in [0, 0.1) is 0 Å². The van der Waals surface area contributed by atoms with E-state index in [0.29, 0.717) is 19.2 Å². The van der Waals surface area contributed by atoms with Gasteiger partial charge in [0.1, 0.15) is 12.1 Å². The molecule has 136 valence electrons. The fraction of sp³-hybridized carbons (Fsp3) is 0.647. The van der Waals surface area contributed by atoms with Gasteiger partial charge in [-0.25, -0.2) is 13.6 Å². The van der Waals surface area contributed by atoms with Gasteiger partial charge in [0.25, 0.3) is 0 Å². The molecule has 2 rings (SSSR count). The first-order valence-corrected chi connectivity index (χ1v) is 10.2. The van der Waals surface area contributed by atoms with E-state index in [1.165, 1.54) is 24.0 Å². The van der Waals surface area contributed by atoms with E-state index in [4.69, 9.17) is 9.88 Å². The lowest BCUT2D eigenvalue weighted by Crippen LogP contribution is -2.41. The average Bonchev–Trinajstić information content (AvgIpc) is 2.51. The summed E-state index contributed by atoms with van der Waals surface area (Å²) in [5, 5.41) is 8.64. The third kappa shape index (κ3) is 6.14. The van der Waals surface area contributed by atoms with Gasteiger partial charge in [0.15, 0.2) is 0 Å². The van der Waals surface area contributed by atoms with Crippen LogP contribution in [0.25, 0.3) is 0 Å². The molecule has 0 fully saturated rings. The highest BCUT2D eigenvalue weighted by Gasteiger charge is 2.26. The van der Waals surface area contributed by atoms with Crippen molar-refractivity contribution in [3.8, 4) is 0 Å². The number of nitrogens with two attached hydrogens (primary N) is 1. The van der Waals surface area contributed by atoms with Crippen LogP contribution in [-0.2, 0) is 21.2 Å². The number of primary sulfonamides is 1. The summed E-state index contributed by atoms with van der Waals surface area (Å²) in [5.41, 5.74) is 2.51. The number of ether oxygens (including phenoxy) is 1. The first-order valence-electron chi connectivity index (χ1n) is 8.53. The number of sulfonamides is 1. The average molecular weight is 356 g/mol. The number of hydrogen-bond donors (Lipinski definition) is 2. The van der Waals surface area contributed by atoms with Gasteiger partial charge in [-0.05, 0) is 31.0 Å². The molecule has 0 bridgehead atoms. The molecule has 0 amide bonds. The summed E-state index contributed by atoms with van der Waals surface area (Å²) < 4.78 is 28.2. The maximum Gasteiger partial charge on any atom is 0.222 e. The quantitative estimate of drug-likeness (QED) is 0.703. The van der Waals surface area contributed by atoms with Gasteiger partial charge in [-0.1, -0.05) is 44.0 Å². The predicted octanol–water partition coefficient (Wildman–Crippen LogP) is 1.58. The molecule has 0 spiro atoms. The lowest BCUT2D eigenvalue weighted by molar-refractivity contribution is 0.00578. The zero-order chi connectivity index (χ0) is 17.6. The Balaban J connectivity index is 1.92. The summed E-state index contributed by atoms with van der Waals surface area (Å²) in [7, 11) is -1.77. The van der Waals surface area contributed by atoms with Crippen molar-refractivity contribution in [3.05, 3.63) is 35.4 Å². The molecule has 2 unspecified atom stereocenters. The Morgan fingerprint density at radius 1 is 1.38 bits per heavy atom. The number of fused-ring (bicyclic) bond motifs is 1. The number of benzene rings is 1. The van der Waals surface area contributed by atoms with Crippen LogP contribution in [0.5, 0.6) is 0 Å². The molecule has 1 aliphatic rings. The van der Waals surface area contributed by atoms with Crippen LogP contribution in [0.2, 0.25) is 0 Å². The molecule has 7 heteroatoms. The van der Waals surface area contributed by atoms with Gasteiger partial charge < -0.3 is 4.74 Å². The Morgan fingerprint density at radius 3 is 2.83 bits per heavy atom. The van der Waals surface area contributed by atoms with Gasteiger partial charge in [0, 0.05) is 12.6 Å². The second-order valence-corrected chi connectivity index (χ2v) is 8.12. The highest BCUT2D eigenvalue weighted by Crippen LogP contribution is 2.27. The van der Waals surface area contributed by atoms with E-state index in [0.717, 1.165) is 12.8 Å². The Morgan fingerprint density at radius 2 is 2.12 bits per heavy atom. The lowest BCUT2D eigenvalue weighted by atomic mass is 9.92. The summed E-state index contributed by atoms with van der Waals surface area (Å²) in [6.45, 7) is 3.15. The maximum absolute atomic E-state index is 11.1. The molecule has 1 heterocycles. The van der Waals surface area contributed by atoms with Crippen molar-refractivity contribution in [1.29, 1.82) is 0 Å². The minimum Gasteiger partial charge on any atom is -0.358 e. The van der Waals surface area contributed by atoms with E-state index in [9.17, 15) is 8.42 Å². The summed E-state index contributed by atoms with van der Waals surface area (Å²) in [6, 6.07) is 8.77. The molecule has 24 heavy (non-hydrogen) atoms. The van der Waals surface area contributed by atoms with Gasteiger partial charge in [0.2, 0.25) is 10.0 Å². The fourth-order valence-corrected chi connectivity index (χ4v) is 3.82. The van der Waals surface area contributed by atoms with Crippen LogP contribution in [0.15, 0.2) is 24.3 Å². The van der Waals surface area contributed by atoms with E-state index < -0.39 is 10.0 Å². The zero-order valence-corrected chi connectivity index (χ0v) is 15.4. The van der Waals surface area contributed by atoms with Crippen LogP contribution in [0.4, 0.5) is 0 Å². The smallest absolute Gasteiger partial charge is 0.222 e. The van der Waals surface area contributed by atoms with Crippen LogP contribution < -0.4 is 10.5 Å². The van der Waals surface area contributed by atoms with E-state index in [1.807, 2.05) is 6.07 Å². The summed E-state index contributed by atoms with van der Waals surface area (Å²) >= 11 is 0. The lowest BCUT2D eigenvalue weighted by Gasteiger charge is -2.33. The molecular formula is C17H29N3O3S. The van der Waals surface area contributed by atoms with Gasteiger partial charge in [-0.3, -0.25) is 10.2 Å². The Bertz CT molecular complexity index is 621. The molecule has 1 aliphatic heterocycles. The number of hydrogen-bond acceptors (Lipinski definition) is 5. The van der Waals surface area contributed by atoms with Crippen LogP contribution >= 0.6 is 0 Å². The Kier molecular flexibility index (Phi) is 7.18. The molecule has 3 N–H and O–H groups in total. The van der Waals surface area contributed by atoms with Crippen molar-refractivity contribution in [3.63, 3.8) is 0 Å². The third-order valence-electron chi connectivity index (χ3n) is 4.25. The Labute approximate surface area is 145 Å². The van der Waals surface area contributed by atoms with Gasteiger partial charge in [-0.2, -0.15) is 0 Å². The van der Waals surface area contributed by atoms with Crippen LogP contribution in [0.3, 0.4) is 0 Å². The minimum absolute atomic E-state index is 0.139. The largest absolute Gasteiger partial charge is 0.358 e. The van der Waals surface area contributed by atoms with Crippen molar-refractivity contribution in [2.45, 2.75) is 44.9 Å². The van der Waals surface area contributed by atoms with Gasteiger partial charge in [0.05, 0.1) is 6.61 Å². The number of rotatable bonds is 9. The number of nitrogens with zero attached hydrogens (tertiary/aromatic N) is 1. The molecular weight excluding hydrogens is 326 g/mol. The molecule has 0 radical (unpaired) electrons. The molecule has 0 saturated carbocycles. The normalized spacial score (nSPS) is 21.0. The highest BCUT2D eigenvalue weighted by molar-refractivity contribution is 7.89. The SMILES string of the molecule is CCCCC1Cc2ccccc2C(OCCN(C)CS(N)(=O)=O)N1. The molecule has 0 aromatic heterocycles. The van der Waals surface area contributed by atoms with E-state index in [2.05, 4.69) is 30.4 Å². The molecule has 0 saturated heterocycles. The van der Waals surface area contributed by atoms with Crippen molar-refractivity contribution in [2.24, 2.45) is 5.14 Å². The molecule has 1 aromatic carbocycles. The Hall–Kier alpha value is -0.990. The van der Waals surface area contributed by atoms with Crippen molar-refractivity contribution >= 4 is 10.0 Å².